The normalized spacial score (nSPS) is 10.9. The van der Waals surface area contributed by atoms with Gasteiger partial charge in [-0.15, -0.1) is 0 Å². The number of rotatable bonds is 6. The second-order valence-corrected chi connectivity index (χ2v) is 4.96. The fourth-order valence-electron chi connectivity index (χ4n) is 2.05. The Kier molecular flexibility index (Phi) is 5.27. The molecule has 1 amide bonds. The molecule has 24 heavy (non-hydrogen) atoms. The van der Waals surface area contributed by atoms with E-state index < -0.39 is 24.0 Å². The quantitative estimate of drug-likeness (QED) is 0.809. The molecule has 2 aromatic heterocycles. The SMILES string of the molecule is CCn1cc(NC(=O)Cn2nc(C(F)F)cc2C)c(C(=O)OC)n1. The number of hydrogen-bond acceptors (Lipinski definition) is 5. The van der Waals surface area contributed by atoms with Gasteiger partial charge in [-0.05, 0) is 19.9 Å². The van der Waals surface area contributed by atoms with E-state index in [1.54, 1.807) is 6.92 Å². The van der Waals surface area contributed by atoms with E-state index in [1.165, 1.54) is 28.7 Å². The Hall–Kier alpha value is -2.78. The Morgan fingerprint density at radius 1 is 1.38 bits per heavy atom. The van der Waals surface area contributed by atoms with Gasteiger partial charge in [0.1, 0.15) is 12.2 Å². The lowest BCUT2D eigenvalue weighted by atomic mass is 10.3. The van der Waals surface area contributed by atoms with Crippen LogP contribution >= 0.6 is 0 Å². The van der Waals surface area contributed by atoms with Crippen LogP contribution in [0.15, 0.2) is 12.3 Å². The number of carbonyl (C=O) groups excluding carboxylic acids is 2. The highest BCUT2D eigenvalue weighted by atomic mass is 19.3. The number of esters is 1. The number of nitrogens with zero attached hydrogens (tertiary/aromatic N) is 4. The molecule has 0 bridgehead atoms. The zero-order valence-electron chi connectivity index (χ0n) is 13.4. The zero-order chi connectivity index (χ0) is 17.9. The van der Waals surface area contributed by atoms with Crippen LogP contribution in [-0.2, 0) is 22.6 Å². The molecular weight excluding hydrogens is 324 g/mol. The third-order valence-corrected chi connectivity index (χ3v) is 3.26. The molecule has 2 aromatic rings. The highest BCUT2D eigenvalue weighted by Gasteiger charge is 2.20. The maximum absolute atomic E-state index is 12.6. The van der Waals surface area contributed by atoms with Gasteiger partial charge in [0.15, 0.2) is 5.69 Å². The van der Waals surface area contributed by atoms with Crippen LogP contribution in [0.3, 0.4) is 0 Å². The van der Waals surface area contributed by atoms with Crippen molar-refractivity contribution in [2.24, 2.45) is 0 Å². The van der Waals surface area contributed by atoms with Gasteiger partial charge in [0.25, 0.3) is 6.43 Å². The number of hydrogen-bond donors (Lipinski definition) is 1. The Morgan fingerprint density at radius 2 is 2.08 bits per heavy atom. The molecule has 0 saturated carbocycles. The summed E-state index contributed by atoms with van der Waals surface area (Å²) in [6, 6.07) is 1.22. The Labute approximate surface area is 136 Å². The lowest BCUT2D eigenvalue weighted by Gasteiger charge is -2.06. The first kappa shape index (κ1) is 17.6. The van der Waals surface area contributed by atoms with Gasteiger partial charge in [-0.3, -0.25) is 14.2 Å². The molecule has 2 heterocycles. The molecule has 10 heteroatoms. The Morgan fingerprint density at radius 3 is 2.62 bits per heavy atom. The smallest absolute Gasteiger partial charge is 0.360 e. The van der Waals surface area contributed by atoms with Gasteiger partial charge in [-0.1, -0.05) is 0 Å². The van der Waals surface area contributed by atoms with Crippen LogP contribution in [0.2, 0.25) is 0 Å². The molecule has 2 rings (SSSR count). The lowest BCUT2D eigenvalue weighted by molar-refractivity contribution is -0.117. The molecular formula is C14H17F2N5O3. The second kappa shape index (κ2) is 7.20. The van der Waals surface area contributed by atoms with E-state index in [0.717, 1.165) is 0 Å². The minimum Gasteiger partial charge on any atom is -0.464 e. The molecule has 0 saturated heterocycles. The van der Waals surface area contributed by atoms with Crippen LogP contribution < -0.4 is 5.32 Å². The van der Waals surface area contributed by atoms with Gasteiger partial charge in [-0.2, -0.15) is 10.2 Å². The summed E-state index contributed by atoms with van der Waals surface area (Å²) >= 11 is 0. The molecule has 0 aliphatic heterocycles. The summed E-state index contributed by atoms with van der Waals surface area (Å²) in [5, 5.41) is 10.2. The van der Waals surface area contributed by atoms with Crippen LogP contribution in [0.25, 0.3) is 0 Å². The van der Waals surface area contributed by atoms with Crippen molar-refractivity contribution in [2.75, 3.05) is 12.4 Å². The Bertz CT molecular complexity index is 754. The molecule has 0 unspecified atom stereocenters. The summed E-state index contributed by atoms with van der Waals surface area (Å²) in [5.41, 5.74) is 0.193. The van der Waals surface area contributed by atoms with Crippen LogP contribution in [-0.4, -0.2) is 38.5 Å². The highest BCUT2D eigenvalue weighted by Crippen LogP contribution is 2.18. The zero-order valence-corrected chi connectivity index (χ0v) is 13.4. The monoisotopic (exact) mass is 341 g/mol. The number of nitrogens with one attached hydrogen (secondary N) is 1. The van der Waals surface area contributed by atoms with Crippen molar-refractivity contribution in [2.45, 2.75) is 33.4 Å². The molecule has 0 aromatic carbocycles. The fourth-order valence-corrected chi connectivity index (χ4v) is 2.05. The first-order valence-electron chi connectivity index (χ1n) is 7.13. The van der Waals surface area contributed by atoms with Gasteiger partial charge in [0.05, 0.1) is 12.8 Å². The molecule has 0 aliphatic rings. The lowest BCUT2D eigenvalue weighted by Crippen LogP contribution is -2.21. The van der Waals surface area contributed by atoms with E-state index in [1.807, 2.05) is 6.92 Å². The number of halogens is 2. The third-order valence-electron chi connectivity index (χ3n) is 3.26. The van der Waals surface area contributed by atoms with Gasteiger partial charge in [0.2, 0.25) is 5.91 Å². The predicted octanol–water partition coefficient (Wildman–Crippen LogP) is 1.77. The number of ether oxygens (including phenoxy) is 1. The number of carbonyl (C=O) groups is 2. The number of alkyl halides is 2. The van der Waals surface area contributed by atoms with Crippen molar-refractivity contribution in [3.05, 3.63) is 29.3 Å². The summed E-state index contributed by atoms with van der Waals surface area (Å²) < 4.78 is 32.5. The van der Waals surface area contributed by atoms with Crippen molar-refractivity contribution in [1.82, 2.24) is 19.6 Å². The highest BCUT2D eigenvalue weighted by molar-refractivity contribution is 5.99. The van der Waals surface area contributed by atoms with Crippen LogP contribution in [0, 0.1) is 6.92 Å². The fraction of sp³-hybridized carbons (Fsp3) is 0.429. The summed E-state index contributed by atoms with van der Waals surface area (Å²) in [6.45, 7) is 3.62. The third kappa shape index (κ3) is 3.76. The van der Waals surface area contributed by atoms with Crippen molar-refractivity contribution in [1.29, 1.82) is 0 Å². The maximum atomic E-state index is 12.6. The minimum absolute atomic E-state index is 0.0295. The number of aryl methyl sites for hydroxylation is 2. The molecule has 8 nitrogen and oxygen atoms in total. The molecule has 0 spiro atoms. The second-order valence-electron chi connectivity index (χ2n) is 4.96. The number of methoxy groups -OCH3 is 1. The average molecular weight is 341 g/mol. The first-order chi connectivity index (χ1) is 11.3. The van der Waals surface area contributed by atoms with Crippen molar-refractivity contribution < 1.29 is 23.1 Å². The summed E-state index contributed by atoms with van der Waals surface area (Å²) in [6.07, 6.45) is -1.22. The minimum atomic E-state index is -2.71. The summed E-state index contributed by atoms with van der Waals surface area (Å²) in [5.74, 6) is -1.21. The van der Waals surface area contributed by atoms with Crippen molar-refractivity contribution >= 4 is 17.6 Å². The molecule has 1 N–H and O–H groups in total. The van der Waals surface area contributed by atoms with Crippen LogP contribution in [0.5, 0.6) is 0 Å². The predicted molar refractivity (Wildman–Crippen MR) is 79.8 cm³/mol. The van der Waals surface area contributed by atoms with Gasteiger partial charge >= 0.3 is 5.97 Å². The maximum Gasteiger partial charge on any atom is 0.360 e. The number of anilines is 1. The van der Waals surface area contributed by atoms with E-state index in [0.29, 0.717) is 12.2 Å². The molecule has 0 fully saturated rings. The number of amides is 1. The van der Waals surface area contributed by atoms with Crippen molar-refractivity contribution in [3.63, 3.8) is 0 Å². The van der Waals surface area contributed by atoms with Gasteiger partial charge < -0.3 is 10.1 Å². The number of aromatic nitrogens is 4. The van der Waals surface area contributed by atoms with E-state index in [4.69, 9.17) is 0 Å². The molecule has 0 atom stereocenters. The molecule has 0 aliphatic carbocycles. The van der Waals surface area contributed by atoms with E-state index in [9.17, 15) is 18.4 Å². The summed E-state index contributed by atoms with van der Waals surface area (Å²) in [4.78, 5) is 23.8. The van der Waals surface area contributed by atoms with Crippen LogP contribution in [0.1, 0.15) is 35.2 Å². The van der Waals surface area contributed by atoms with Gasteiger partial charge in [0, 0.05) is 18.4 Å². The molecule has 0 radical (unpaired) electrons. The van der Waals surface area contributed by atoms with Crippen molar-refractivity contribution in [3.8, 4) is 0 Å². The van der Waals surface area contributed by atoms with Gasteiger partial charge in [-0.25, -0.2) is 13.6 Å². The van der Waals surface area contributed by atoms with E-state index in [2.05, 4.69) is 20.3 Å². The average Bonchev–Trinajstić information content (AvgIpc) is 3.10. The van der Waals surface area contributed by atoms with Crippen LogP contribution in [0.4, 0.5) is 14.5 Å². The molecule has 130 valence electrons. The largest absolute Gasteiger partial charge is 0.464 e. The standard InChI is InChI=1S/C14H17F2N5O3/c1-4-20-6-10(12(19-20)14(23)24-3)17-11(22)7-21-8(2)5-9(18-21)13(15)16/h5-6,13H,4,7H2,1-3H3,(H,17,22). The summed E-state index contributed by atoms with van der Waals surface area (Å²) in [7, 11) is 1.21. The Balaban J connectivity index is 2.15. The first-order valence-corrected chi connectivity index (χ1v) is 7.13. The van der Waals surface area contributed by atoms with E-state index in [-0.39, 0.29) is 17.9 Å². The topological polar surface area (TPSA) is 91.0 Å². The van der Waals surface area contributed by atoms with E-state index >= 15 is 0 Å².